The fourth-order valence-electron chi connectivity index (χ4n) is 2.31. The van der Waals surface area contributed by atoms with Crippen molar-refractivity contribution in [2.45, 2.75) is 34.2 Å². The van der Waals surface area contributed by atoms with E-state index in [9.17, 15) is 9.59 Å². The molecule has 112 valence electrons. The lowest BCUT2D eigenvalue weighted by molar-refractivity contribution is -0.143. The fourth-order valence-corrected chi connectivity index (χ4v) is 2.31. The molecule has 21 heavy (non-hydrogen) atoms. The minimum Gasteiger partial charge on any atom is -0.465 e. The van der Waals surface area contributed by atoms with Gasteiger partial charge in [-0.05, 0) is 13.0 Å². The number of benzene rings is 1. The Kier molecular flexibility index (Phi) is 4.16. The summed E-state index contributed by atoms with van der Waals surface area (Å²) in [6, 6.07) is 7.62. The van der Waals surface area contributed by atoms with Gasteiger partial charge >= 0.3 is 5.97 Å². The average Bonchev–Trinajstić information content (AvgIpc) is 2.76. The number of carbonyl (C=O) groups excluding carboxylic acids is 2. The third-order valence-electron chi connectivity index (χ3n) is 3.32. The van der Waals surface area contributed by atoms with Crippen molar-refractivity contribution in [3.05, 3.63) is 36.0 Å². The zero-order valence-corrected chi connectivity index (χ0v) is 13.0. The van der Waals surface area contributed by atoms with E-state index in [4.69, 9.17) is 4.74 Å². The van der Waals surface area contributed by atoms with E-state index in [2.05, 4.69) is 0 Å². The molecule has 0 N–H and O–H groups in total. The van der Waals surface area contributed by atoms with Gasteiger partial charge in [0, 0.05) is 28.1 Å². The second-order valence-corrected chi connectivity index (χ2v) is 6.07. The Bertz CT molecular complexity index is 677. The lowest BCUT2D eigenvalue weighted by Crippen LogP contribution is -2.20. The summed E-state index contributed by atoms with van der Waals surface area (Å²) in [5.74, 6) is -0.227. The number of Topliss-reactive ketones (excluding diaryl/α,β-unsaturated/α-hetero) is 1. The highest BCUT2D eigenvalue weighted by Gasteiger charge is 2.26. The van der Waals surface area contributed by atoms with Gasteiger partial charge in [-0.25, -0.2) is 0 Å². The highest BCUT2D eigenvalue weighted by Crippen LogP contribution is 2.28. The summed E-state index contributed by atoms with van der Waals surface area (Å²) in [7, 11) is 0. The van der Waals surface area contributed by atoms with Crippen molar-refractivity contribution in [3.63, 3.8) is 0 Å². The standard InChI is InChI=1S/C17H21NO3/c1-5-21-15(19)11-18-10-13(16(20)17(2,3)4)12-8-6-7-9-14(12)18/h6-10H,5,11H2,1-4H3. The molecular formula is C17H21NO3. The van der Waals surface area contributed by atoms with E-state index < -0.39 is 5.41 Å². The number of ketones is 1. The zero-order valence-electron chi connectivity index (χ0n) is 13.0. The Morgan fingerprint density at radius 3 is 2.48 bits per heavy atom. The molecule has 0 fully saturated rings. The summed E-state index contributed by atoms with van der Waals surface area (Å²) in [4.78, 5) is 24.3. The van der Waals surface area contributed by atoms with Crippen LogP contribution < -0.4 is 0 Å². The van der Waals surface area contributed by atoms with Gasteiger partial charge in [0.1, 0.15) is 6.54 Å². The highest BCUT2D eigenvalue weighted by molar-refractivity contribution is 6.10. The van der Waals surface area contributed by atoms with E-state index in [0.717, 1.165) is 10.9 Å². The Morgan fingerprint density at radius 2 is 1.86 bits per heavy atom. The van der Waals surface area contributed by atoms with E-state index in [1.54, 1.807) is 17.7 Å². The largest absolute Gasteiger partial charge is 0.465 e. The van der Waals surface area contributed by atoms with Gasteiger partial charge in [0.25, 0.3) is 0 Å². The number of aromatic nitrogens is 1. The minimum atomic E-state index is -0.459. The molecular weight excluding hydrogens is 266 g/mol. The Hall–Kier alpha value is -2.10. The lowest BCUT2D eigenvalue weighted by atomic mass is 9.86. The van der Waals surface area contributed by atoms with Crippen LogP contribution >= 0.6 is 0 Å². The maximum atomic E-state index is 12.6. The SMILES string of the molecule is CCOC(=O)Cn1cc(C(=O)C(C)(C)C)c2ccccc21. The Morgan fingerprint density at radius 1 is 1.19 bits per heavy atom. The molecule has 4 nitrogen and oxygen atoms in total. The number of para-hydroxylation sites is 1. The lowest BCUT2D eigenvalue weighted by Gasteiger charge is -2.15. The molecule has 0 saturated carbocycles. The molecule has 2 aromatic rings. The number of carbonyl (C=O) groups is 2. The molecule has 0 spiro atoms. The molecule has 1 aromatic carbocycles. The van der Waals surface area contributed by atoms with Crippen LogP contribution in [0.4, 0.5) is 0 Å². The molecule has 0 radical (unpaired) electrons. The van der Waals surface area contributed by atoms with Crippen LogP contribution in [0.3, 0.4) is 0 Å². The van der Waals surface area contributed by atoms with Crippen LogP contribution in [0.15, 0.2) is 30.5 Å². The van der Waals surface area contributed by atoms with Gasteiger partial charge in [0.15, 0.2) is 5.78 Å². The fraction of sp³-hybridized carbons (Fsp3) is 0.412. The molecule has 2 rings (SSSR count). The van der Waals surface area contributed by atoms with Gasteiger partial charge in [-0.1, -0.05) is 39.0 Å². The van der Waals surface area contributed by atoms with Crippen LogP contribution in [0.1, 0.15) is 38.1 Å². The van der Waals surface area contributed by atoms with Crippen molar-refractivity contribution >= 4 is 22.7 Å². The zero-order chi connectivity index (χ0) is 15.6. The molecule has 0 saturated heterocycles. The molecule has 0 aliphatic rings. The maximum Gasteiger partial charge on any atom is 0.325 e. The van der Waals surface area contributed by atoms with E-state index in [0.29, 0.717) is 12.2 Å². The normalized spacial score (nSPS) is 11.6. The van der Waals surface area contributed by atoms with Gasteiger partial charge in [-0.2, -0.15) is 0 Å². The second-order valence-electron chi connectivity index (χ2n) is 6.07. The molecule has 1 aromatic heterocycles. The predicted octanol–water partition coefficient (Wildman–Crippen LogP) is 3.43. The van der Waals surface area contributed by atoms with Gasteiger partial charge in [-0.3, -0.25) is 9.59 Å². The number of ether oxygens (including phenoxy) is 1. The number of rotatable bonds is 4. The molecule has 0 unspecified atom stereocenters. The van der Waals surface area contributed by atoms with Crippen LogP contribution in [0, 0.1) is 5.41 Å². The highest BCUT2D eigenvalue weighted by atomic mass is 16.5. The number of nitrogens with zero attached hydrogens (tertiary/aromatic N) is 1. The molecule has 0 aliphatic heterocycles. The number of hydrogen-bond acceptors (Lipinski definition) is 3. The van der Waals surface area contributed by atoms with Crippen molar-refractivity contribution in [3.8, 4) is 0 Å². The maximum absolute atomic E-state index is 12.6. The molecule has 1 heterocycles. The second kappa shape index (κ2) is 5.72. The summed E-state index contributed by atoms with van der Waals surface area (Å²) >= 11 is 0. The summed E-state index contributed by atoms with van der Waals surface area (Å²) < 4.78 is 6.77. The van der Waals surface area contributed by atoms with Gasteiger partial charge in [0.05, 0.1) is 6.61 Å². The molecule has 0 aliphatic carbocycles. The Balaban J connectivity index is 2.49. The molecule has 0 atom stereocenters. The van der Waals surface area contributed by atoms with E-state index in [-0.39, 0.29) is 18.3 Å². The quantitative estimate of drug-likeness (QED) is 0.639. The molecule has 0 bridgehead atoms. The van der Waals surface area contributed by atoms with Crippen molar-refractivity contribution in [1.82, 2.24) is 4.57 Å². The summed E-state index contributed by atoms with van der Waals surface area (Å²) in [6.45, 7) is 7.93. The summed E-state index contributed by atoms with van der Waals surface area (Å²) in [5.41, 5.74) is 1.07. The van der Waals surface area contributed by atoms with Crippen molar-refractivity contribution in [1.29, 1.82) is 0 Å². The number of hydrogen-bond donors (Lipinski definition) is 0. The van der Waals surface area contributed by atoms with Gasteiger partial charge < -0.3 is 9.30 Å². The monoisotopic (exact) mass is 287 g/mol. The van der Waals surface area contributed by atoms with Crippen molar-refractivity contribution in [2.75, 3.05) is 6.61 Å². The Labute approximate surface area is 124 Å². The van der Waals surface area contributed by atoms with Crippen LogP contribution in [0.2, 0.25) is 0 Å². The number of fused-ring (bicyclic) bond motifs is 1. The van der Waals surface area contributed by atoms with Crippen LogP contribution in [0.5, 0.6) is 0 Å². The molecule has 4 heteroatoms. The van der Waals surface area contributed by atoms with Crippen LogP contribution in [-0.4, -0.2) is 22.9 Å². The average molecular weight is 287 g/mol. The first kappa shape index (κ1) is 15.3. The van der Waals surface area contributed by atoms with E-state index in [1.165, 1.54) is 0 Å². The number of esters is 1. The van der Waals surface area contributed by atoms with Gasteiger partial charge in [0.2, 0.25) is 0 Å². The van der Waals surface area contributed by atoms with Crippen LogP contribution in [-0.2, 0) is 16.1 Å². The topological polar surface area (TPSA) is 48.3 Å². The predicted molar refractivity (Wildman–Crippen MR) is 82.4 cm³/mol. The van der Waals surface area contributed by atoms with Crippen molar-refractivity contribution in [2.24, 2.45) is 5.41 Å². The first-order valence-electron chi connectivity index (χ1n) is 7.13. The third-order valence-corrected chi connectivity index (χ3v) is 3.32. The van der Waals surface area contributed by atoms with Gasteiger partial charge in [-0.15, -0.1) is 0 Å². The first-order chi connectivity index (χ1) is 9.84. The van der Waals surface area contributed by atoms with E-state index >= 15 is 0 Å². The summed E-state index contributed by atoms with van der Waals surface area (Å²) in [6.07, 6.45) is 1.76. The minimum absolute atomic E-state index is 0.0707. The van der Waals surface area contributed by atoms with Crippen LogP contribution in [0.25, 0.3) is 10.9 Å². The molecule has 0 amide bonds. The van der Waals surface area contributed by atoms with Crippen molar-refractivity contribution < 1.29 is 14.3 Å². The first-order valence-corrected chi connectivity index (χ1v) is 7.13. The smallest absolute Gasteiger partial charge is 0.325 e. The van der Waals surface area contributed by atoms with E-state index in [1.807, 2.05) is 45.0 Å². The third kappa shape index (κ3) is 3.15. The summed E-state index contributed by atoms with van der Waals surface area (Å²) in [5, 5.41) is 0.877.